The average molecular weight is 409 g/mol. The SMILES string of the molecule is [B]NC(=C\C=C/C)/C(CCN)=C1N=C(/C=C/c2ccc(OC)c3ccccc23)C=C\1C. The minimum absolute atomic E-state index is 0.513. The van der Waals surface area contributed by atoms with Crippen molar-refractivity contribution in [1.82, 2.24) is 5.23 Å². The van der Waals surface area contributed by atoms with Crippen LogP contribution in [0, 0.1) is 0 Å². The summed E-state index contributed by atoms with van der Waals surface area (Å²) in [5.74, 6) is 0.869. The van der Waals surface area contributed by atoms with Crippen molar-refractivity contribution in [3.8, 4) is 5.75 Å². The van der Waals surface area contributed by atoms with Crippen LogP contribution in [0.15, 0.2) is 94.3 Å². The normalized spacial score (nSPS) is 16.2. The monoisotopic (exact) mass is 409 g/mol. The van der Waals surface area contributed by atoms with E-state index < -0.39 is 0 Å². The zero-order chi connectivity index (χ0) is 22.2. The maximum Gasteiger partial charge on any atom is 0.222 e. The molecule has 0 atom stereocenters. The maximum absolute atomic E-state index is 5.87. The van der Waals surface area contributed by atoms with E-state index >= 15 is 0 Å². The summed E-state index contributed by atoms with van der Waals surface area (Å²) in [5, 5.41) is 5.02. The van der Waals surface area contributed by atoms with E-state index in [1.807, 2.05) is 49.4 Å². The van der Waals surface area contributed by atoms with Crippen LogP contribution in [0.1, 0.15) is 25.8 Å². The van der Waals surface area contributed by atoms with E-state index in [0.29, 0.717) is 13.0 Å². The number of rotatable bonds is 8. The van der Waals surface area contributed by atoms with Crippen molar-refractivity contribution >= 4 is 30.5 Å². The van der Waals surface area contributed by atoms with Crippen molar-refractivity contribution in [2.75, 3.05) is 13.7 Å². The Balaban J connectivity index is 2.00. The van der Waals surface area contributed by atoms with Crippen LogP contribution in [-0.4, -0.2) is 27.3 Å². The summed E-state index contributed by atoms with van der Waals surface area (Å²) in [4.78, 5) is 4.87. The highest BCUT2D eigenvalue weighted by Crippen LogP contribution is 2.30. The first kappa shape index (κ1) is 22.4. The van der Waals surface area contributed by atoms with Gasteiger partial charge < -0.3 is 15.7 Å². The van der Waals surface area contributed by atoms with Crippen LogP contribution in [0.5, 0.6) is 5.75 Å². The first-order valence-electron chi connectivity index (χ1n) is 10.4. The molecule has 0 bridgehead atoms. The average Bonchev–Trinajstić information content (AvgIpc) is 3.17. The summed E-state index contributed by atoms with van der Waals surface area (Å²) >= 11 is 0. The fourth-order valence-corrected chi connectivity index (χ4v) is 3.68. The second kappa shape index (κ2) is 10.6. The second-order valence-corrected chi connectivity index (χ2v) is 7.22. The van der Waals surface area contributed by atoms with E-state index in [4.69, 9.17) is 23.4 Å². The van der Waals surface area contributed by atoms with Crippen LogP contribution < -0.4 is 15.7 Å². The Bertz CT molecular complexity index is 1140. The number of nitrogens with two attached hydrogens (primary N) is 1. The van der Waals surface area contributed by atoms with Gasteiger partial charge in [0.2, 0.25) is 7.98 Å². The Kier molecular flexibility index (Phi) is 7.68. The molecule has 0 fully saturated rings. The number of ether oxygens (including phenoxy) is 1. The molecular weight excluding hydrogens is 381 g/mol. The Hall–Kier alpha value is -3.31. The molecule has 2 aromatic carbocycles. The van der Waals surface area contributed by atoms with E-state index in [9.17, 15) is 0 Å². The molecular formula is C26H28BN3O. The van der Waals surface area contributed by atoms with Crippen LogP contribution in [0.3, 0.4) is 0 Å². The topological polar surface area (TPSA) is 59.6 Å². The lowest BCUT2D eigenvalue weighted by Gasteiger charge is -2.14. The Morgan fingerprint density at radius 1 is 1.16 bits per heavy atom. The van der Waals surface area contributed by atoms with Gasteiger partial charge in [-0.2, -0.15) is 0 Å². The van der Waals surface area contributed by atoms with E-state index in [1.165, 1.54) is 0 Å². The number of nitrogens with one attached hydrogen (secondary N) is 1. The number of allylic oxidation sites excluding steroid dienone is 7. The van der Waals surface area contributed by atoms with Crippen molar-refractivity contribution in [2.24, 2.45) is 10.7 Å². The standard InChI is InChI=1S/C26H28BN3O/c1-4-5-10-24(30-27)23(15-16-28)26-18(2)17-20(29-26)13-11-19-12-14-25(31-3)22-9-7-6-8-21(19)22/h4-14,17,30H,15-16,28H2,1-3H3/b5-4-,13-11+,24-10-,26-23-. The molecule has 0 spiro atoms. The van der Waals surface area contributed by atoms with Crippen LogP contribution in [0.25, 0.3) is 16.8 Å². The summed E-state index contributed by atoms with van der Waals surface area (Å²) in [6, 6.07) is 12.3. The molecule has 0 saturated heterocycles. The quantitative estimate of drug-likeness (QED) is 0.477. The first-order valence-corrected chi connectivity index (χ1v) is 10.4. The third-order valence-electron chi connectivity index (χ3n) is 5.17. The van der Waals surface area contributed by atoms with E-state index in [2.05, 4.69) is 42.5 Å². The Morgan fingerprint density at radius 2 is 1.94 bits per heavy atom. The van der Waals surface area contributed by atoms with Gasteiger partial charge in [0.15, 0.2) is 0 Å². The molecule has 0 unspecified atom stereocenters. The smallest absolute Gasteiger partial charge is 0.222 e. The van der Waals surface area contributed by atoms with E-state index in [-0.39, 0.29) is 0 Å². The number of fused-ring (bicyclic) bond motifs is 1. The van der Waals surface area contributed by atoms with Gasteiger partial charge in [0.25, 0.3) is 0 Å². The molecule has 3 rings (SSSR count). The van der Waals surface area contributed by atoms with Gasteiger partial charge in [0.1, 0.15) is 5.75 Å². The van der Waals surface area contributed by atoms with Gasteiger partial charge in [-0.1, -0.05) is 48.6 Å². The van der Waals surface area contributed by atoms with Crippen LogP contribution in [0.4, 0.5) is 0 Å². The van der Waals surface area contributed by atoms with Gasteiger partial charge >= 0.3 is 0 Å². The fraction of sp³-hybridized carbons (Fsp3) is 0.192. The van der Waals surface area contributed by atoms with Gasteiger partial charge in [-0.25, -0.2) is 4.99 Å². The molecule has 0 saturated carbocycles. The summed E-state index contributed by atoms with van der Waals surface area (Å²) in [7, 11) is 7.48. The fourth-order valence-electron chi connectivity index (χ4n) is 3.68. The number of aliphatic imine (C=N–C) groups is 1. The molecule has 0 amide bonds. The highest BCUT2D eigenvalue weighted by molar-refractivity contribution is 6.11. The third-order valence-corrected chi connectivity index (χ3v) is 5.17. The van der Waals surface area contributed by atoms with Crippen molar-refractivity contribution in [2.45, 2.75) is 20.3 Å². The summed E-state index contributed by atoms with van der Waals surface area (Å²) in [6.07, 6.45) is 12.7. The Morgan fingerprint density at radius 3 is 2.61 bits per heavy atom. The predicted molar refractivity (Wildman–Crippen MR) is 133 cm³/mol. The molecule has 1 aliphatic rings. The number of hydrogen-bond acceptors (Lipinski definition) is 4. The minimum Gasteiger partial charge on any atom is -0.496 e. The molecule has 0 aromatic heterocycles. The van der Waals surface area contributed by atoms with Crippen molar-refractivity contribution < 1.29 is 4.74 Å². The highest BCUT2D eigenvalue weighted by atomic mass is 16.5. The van der Waals surface area contributed by atoms with Gasteiger partial charge in [-0.3, -0.25) is 0 Å². The lowest BCUT2D eigenvalue weighted by atomic mass is 10.0. The molecule has 2 radical (unpaired) electrons. The molecule has 156 valence electrons. The zero-order valence-corrected chi connectivity index (χ0v) is 18.4. The van der Waals surface area contributed by atoms with Gasteiger partial charge in [-0.15, -0.1) is 0 Å². The first-order chi connectivity index (χ1) is 15.1. The number of nitrogens with zero attached hydrogens (tertiary/aromatic N) is 1. The molecule has 0 aliphatic carbocycles. The second-order valence-electron chi connectivity index (χ2n) is 7.22. The predicted octanol–water partition coefficient (Wildman–Crippen LogP) is 5.00. The molecule has 1 aliphatic heterocycles. The minimum atomic E-state index is 0.513. The number of benzene rings is 2. The lowest BCUT2D eigenvalue weighted by Crippen LogP contribution is -2.14. The van der Waals surface area contributed by atoms with E-state index in [0.717, 1.165) is 50.3 Å². The summed E-state index contributed by atoms with van der Waals surface area (Å²) < 4.78 is 5.50. The lowest BCUT2D eigenvalue weighted by molar-refractivity contribution is 0.420. The summed E-state index contributed by atoms with van der Waals surface area (Å²) in [6.45, 7) is 4.54. The van der Waals surface area contributed by atoms with Crippen LogP contribution in [-0.2, 0) is 0 Å². The number of hydrogen-bond donors (Lipinski definition) is 2. The van der Waals surface area contributed by atoms with Crippen molar-refractivity contribution in [3.63, 3.8) is 0 Å². The molecule has 3 N–H and O–H groups in total. The largest absolute Gasteiger partial charge is 0.496 e. The van der Waals surface area contributed by atoms with Gasteiger partial charge in [-0.05, 0) is 67.6 Å². The highest BCUT2D eigenvalue weighted by Gasteiger charge is 2.16. The Labute approximate surface area is 186 Å². The molecule has 5 heteroatoms. The van der Waals surface area contributed by atoms with Crippen LogP contribution >= 0.6 is 0 Å². The van der Waals surface area contributed by atoms with Crippen molar-refractivity contribution in [3.05, 3.63) is 94.9 Å². The van der Waals surface area contributed by atoms with Crippen LogP contribution in [0.2, 0.25) is 0 Å². The summed E-state index contributed by atoms with van der Waals surface area (Å²) in [5.41, 5.74) is 11.7. The third kappa shape index (κ3) is 5.06. The van der Waals surface area contributed by atoms with Gasteiger partial charge in [0, 0.05) is 16.7 Å². The molecule has 1 heterocycles. The molecule has 31 heavy (non-hydrogen) atoms. The van der Waals surface area contributed by atoms with Gasteiger partial charge in [0.05, 0.1) is 18.5 Å². The number of methoxy groups -OCH3 is 1. The molecule has 2 aromatic rings. The van der Waals surface area contributed by atoms with Crippen molar-refractivity contribution in [1.29, 1.82) is 0 Å². The van der Waals surface area contributed by atoms with E-state index in [1.54, 1.807) is 7.11 Å². The zero-order valence-electron chi connectivity index (χ0n) is 18.4. The maximum atomic E-state index is 5.87. The molecule has 4 nitrogen and oxygen atoms in total.